The highest BCUT2D eigenvalue weighted by molar-refractivity contribution is 5.95. The van der Waals surface area contributed by atoms with Crippen molar-refractivity contribution in [3.8, 4) is 0 Å². The van der Waals surface area contributed by atoms with Gasteiger partial charge >= 0.3 is 0 Å². The number of rotatable bonds is 1. The SMILES string of the molecule is Cc1cnc2cc(C(=N)N)ncc2n1. The third-order valence-corrected chi connectivity index (χ3v) is 1.83. The number of nitrogens with one attached hydrogen (secondary N) is 1. The van der Waals surface area contributed by atoms with Gasteiger partial charge in [-0.15, -0.1) is 0 Å². The molecule has 0 aliphatic carbocycles. The average Bonchev–Trinajstić information content (AvgIpc) is 2.16. The number of aryl methyl sites for hydroxylation is 1. The van der Waals surface area contributed by atoms with E-state index >= 15 is 0 Å². The summed E-state index contributed by atoms with van der Waals surface area (Å²) in [7, 11) is 0. The van der Waals surface area contributed by atoms with Crippen molar-refractivity contribution in [3.63, 3.8) is 0 Å². The van der Waals surface area contributed by atoms with E-state index in [-0.39, 0.29) is 5.84 Å². The van der Waals surface area contributed by atoms with Crippen LogP contribution in [0.1, 0.15) is 11.4 Å². The largest absolute Gasteiger partial charge is 0.382 e. The summed E-state index contributed by atoms with van der Waals surface area (Å²) in [5.41, 5.74) is 8.00. The molecule has 0 radical (unpaired) electrons. The van der Waals surface area contributed by atoms with Crippen molar-refractivity contribution in [2.75, 3.05) is 0 Å². The van der Waals surface area contributed by atoms with Gasteiger partial charge in [0.05, 0.1) is 17.4 Å². The molecular formula is C9H9N5. The molecule has 0 spiro atoms. The van der Waals surface area contributed by atoms with Crippen LogP contribution in [-0.4, -0.2) is 20.8 Å². The molecule has 0 amide bonds. The van der Waals surface area contributed by atoms with Gasteiger partial charge in [-0.25, -0.2) is 4.98 Å². The second kappa shape index (κ2) is 3.02. The smallest absolute Gasteiger partial charge is 0.141 e. The number of hydrogen-bond donors (Lipinski definition) is 2. The Bertz CT molecular complexity index is 506. The lowest BCUT2D eigenvalue weighted by molar-refractivity contribution is 1.16. The van der Waals surface area contributed by atoms with Gasteiger partial charge in [0.25, 0.3) is 0 Å². The Morgan fingerprint density at radius 3 is 2.79 bits per heavy atom. The van der Waals surface area contributed by atoms with E-state index in [0.29, 0.717) is 11.2 Å². The van der Waals surface area contributed by atoms with Crippen LogP contribution in [0.5, 0.6) is 0 Å². The molecule has 2 heterocycles. The number of nitrogens with two attached hydrogens (primary N) is 1. The van der Waals surface area contributed by atoms with Crippen molar-refractivity contribution in [3.05, 3.63) is 29.8 Å². The number of aromatic nitrogens is 3. The zero-order chi connectivity index (χ0) is 10.1. The molecule has 0 bridgehead atoms. The molecule has 3 N–H and O–H groups in total. The summed E-state index contributed by atoms with van der Waals surface area (Å²) in [5.74, 6) is -0.0609. The monoisotopic (exact) mass is 187 g/mol. The van der Waals surface area contributed by atoms with E-state index in [9.17, 15) is 0 Å². The molecule has 0 atom stereocenters. The first-order chi connectivity index (χ1) is 6.66. The zero-order valence-electron chi connectivity index (χ0n) is 7.65. The van der Waals surface area contributed by atoms with E-state index in [2.05, 4.69) is 15.0 Å². The Morgan fingerprint density at radius 2 is 2.07 bits per heavy atom. The minimum atomic E-state index is -0.0609. The van der Waals surface area contributed by atoms with Gasteiger partial charge in [0.1, 0.15) is 17.0 Å². The number of nitrogen functional groups attached to an aromatic ring is 1. The summed E-state index contributed by atoms with van der Waals surface area (Å²) in [5, 5.41) is 7.22. The summed E-state index contributed by atoms with van der Waals surface area (Å²) >= 11 is 0. The minimum Gasteiger partial charge on any atom is -0.382 e. The van der Waals surface area contributed by atoms with Crippen molar-refractivity contribution >= 4 is 16.9 Å². The van der Waals surface area contributed by atoms with Gasteiger partial charge in [-0.3, -0.25) is 15.4 Å². The summed E-state index contributed by atoms with van der Waals surface area (Å²) in [4.78, 5) is 12.4. The zero-order valence-corrected chi connectivity index (χ0v) is 7.65. The van der Waals surface area contributed by atoms with Crippen molar-refractivity contribution in [1.82, 2.24) is 15.0 Å². The molecule has 2 rings (SSSR count). The van der Waals surface area contributed by atoms with Crippen LogP contribution in [0.25, 0.3) is 11.0 Å². The van der Waals surface area contributed by atoms with Crippen LogP contribution in [0.15, 0.2) is 18.5 Å². The molecule has 2 aromatic rings. The molecule has 5 heteroatoms. The van der Waals surface area contributed by atoms with Crippen LogP contribution in [-0.2, 0) is 0 Å². The van der Waals surface area contributed by atoms with E-state index in [1.54, 1.807) is 18.5 Å². The van der Waals surface area contributed by atoms with Crippen molar-refractivity contribution in [2.45, 2.75) is 6.92 Å². The maximum absolute atomic E-state index is 7.22. The summed E-state index contributed by atoms with van der Waals surface area (Å²) in [6.45, 7) is 1.87. The maximum atomic E-state index is 7.22. The molecule has 0 fully saturated rings. The van der Waals surface area contributed by atoms with Crippen LogP contribution < -0.4 is 5.73 Å². The lowest BCUT2D eigenvalue weighted by Gasteiger charge is -2.00. The molecular weight excluding hydrogens is 178 g/mol. The number of nitrogens with zero attached hydrogens (tertiary/aromatic N) is 3. The van der Waals surface area contributed by atoms with E-state index < -0.39 is 0 Å². The molecule has 0 unspecified atom stereocenters. The number of fused-ring (bicyclic) bond motifs is 1. The molecule has 2 aromatic heterocycles. The highest BCUT2D eigenvalue weighted by Crippen LogP contribution is 2.08. The predicted octanol–water partition coefficient (Wildman–Crippen LogP) is 0.617. The quantitative estimate of drug-likeness (QED) is 0.506. The molecule has 14 heavy (non-hydrogen) atoms. The third-order valence-electron chi connectivity index (χ3n) is 1.83. The Labute approximate surface area is 80.5 Å². The highest BCUT2D eigenvalue weighted by Gasteiger charge is 2.02. The van der Waals surface area contributed by atoms with Crippen LogP contribution in [0, 0.1) is 12.3 Å². The highest BCUT2D eigenvalue weighted by atomic mass is 14.9. The fourth-order valence-electron chi connectivity index (χ4n) is 1.16. The second-order valence-corrected chi connectivity index (χ2v) is 2.98. The first-order valence-electron chi connectivity index (χ1n) is 4.10. The first kappa shape index (κ1) is 8.55. The predicted molar refractivity (Wildman–Crippen MR) is 53.1 cm³/mol. The molecule has 0 aliphatic heterocycles. The van der Waals surface area contributed by atoms with Crippen molar-refractivity contribution in [1.29, 1.82) is 5.41 Å². The summed E-state index contributed by atoms with van der Waals surface area (Å²) in [6.07, 6.45) is 3.25. The Hall–Kier alpha value is -2.04. The standard InChI is InChI=1S/C9H9N5/c1-5-3-12-6-2-7(9(10)11)13-4-8(6)14-5/h2-4H,1H3,(H3,10,11). The Balaban J connectivity index is 2.67. The lowest BCUT2D eigenvalue weighted by Crippen LogP contribution is -2.13. The Morgan fingerprint density at radius 1 is 1.29 bits per heavy atom. The van der Waals surface area contributed by atoms with Crippen LogP contribution in [0.3, 0.4) is 0 Å². The van der Waals surface area contributed by atoms with Crippen LogP contribution in [0.2, 0.25) is 0 Å². The third kappa shape index (κ3) is 1.39. The molecule has 0 saturated carbocycles. The normalized spacial score (nSPS) is 10.4. The first-order valence-corrected chi connectivity index (χ1v) is 4.10. The van der Waals surface area contributed by atoms with Crippen molar-refractivity contribution < 1.29 is 0 Å². The Kier molecular flexibility index (Phi) is 1.85. The van der Waals surface area contributed by atoms with E-state index in [1.807, 2.05) is 6.92 Å². The average molecular weight is 187 g/mol. The number of hydrogen-bond acceptors (Lipinski definition) is 4. The second-order valence-electron chi connectivity index (χ2n) is 2.98. The molecule has 70 valence electrons. The molecule has 0 saturated heterocycles. The summed E-state index contributed by atoms with van der Waals surface area (Å²) < 4.78 is 0. The van der Waals surface area contributed by atoms with Gasteiger partial charge in [0.15, 0.2) is 0 Å². The maximum Gasteiger partial charge on any atom is 0.141 e. The van der Waals surface area contributed by atoms with Gasteiger partial charge in [0, 0.05) is 6.20 Å². The van der Waals surface area contributed by atoms with E-state index in [0.717, 1.165) is 11.2 Å². The van der Waals surface area contributed by atoms with E-state index in [1.165, 1.54) is 0 Å². The summed E-state index contributed by atoms with van der Waals surface area (Å²) in [6, 6.07) is 1.66. The molecule has 0 aliphatic rings. The van der Waals surface area contributed by atoms with Gasteiger partial charge < -0.3 is 5.73 Å². The van der Waals surface area contributed by atoms with Crippen molar-refractivity contribution in [2.24, 2.45) is 5.73 Å². The van der Waals surface area contributed by atoms with Crippen LogP contribution >= 0.6 is 0 Å². The fourth-order valence-corrected chi connectivity index (χ4v) is 1.16. The van der Waals surface area contributed by atoms with Crippen LogP contribution in [0.4, 0.5) is 0 Å². The number of amidine groups is 1. The topological polar surface area (TPSA) is 88.5 Å². The fraction of sp³-hybridized carbons (Fsp3) is 0.111. The van der Waals surface area contributed by atoms with E-state index in [4.69, 9.17) is 11.1 Å². The van der Waals surface area contributed by atoms with Gasteiger partial charge in [0.2, 0.25) is 0 Å². The van der Waals surface area contributed by atoms with Gasteiger partial charge in [-0.2, -0.15) is 0 Å². The molecule has 5 nitrogen and oxygen atoms in total. The molecule has 0 aromatic carbocycles. The van der Waals surface area contributed by atoms with Gasteiger partial charge in [-0.05, 0) is 13.0 Å². The minimum absolute atomic E-state index is 0.0609. The lowest BCUT2D eigenvalue weighted by atomic mass is 10.3. The van der Waals surface area contributed by atoms with Gasteiger partial charge in [-0.1, -0.05) is 0 Å². The number of pyridine rings is 1.